The summed E-state index contributed by atoms with van der Waals surface area (Å²) in [5.41, 5.74) is 6.18. The van der Waals surface area contributed by atoms with Crippen LogP contribution < -0.4 is 15.4 Å². The Balaban J connectivity index is 1.33. The van der Waals surface area contributed by atoms with E-state index in [9.17, 15) is 14.4 Å². The van der Waals surface area contributed by atoms with Gasteiger partial charge in [-0.15, -0.1) is 16.4 Å². The summed E-state index contributed by atoms with van der Waals surface area (Å²) in [5.74, 6) is -0.469. The number of hydrogen-bond donors (Lipinski definition) is 1. The molecule has 2 N–H and O–H groups in total. The van der Waals surface area contributed by atoms with E-state index in [0.717, 1.165) is 50.1 Å². The summed E-state index contributed by atoms with van der Waals surface area (Å²) in [7, 11) is 0. The second-order valence-electron chi connectivity index (χ2n) is 12.9. The Labute approximate surface area is 302 Å². The number of benzene rings is 2. The first-order valence-corrected chi connectivity index (χ1v) is 18.2. The Hall–Kier alpha value is -4.65. The molecular formula is C35H37ClF2N10O2S. The molecule has 2 aliphatic heterocycles. The van der Waals surface area contributed by atoms with Crippen molar-refractivity contribution in [1.29, 1.82) is 5.26 Å². The third kappa shape index (κ3) is 6.08. The molecule has 0 atom stereocenters. The average Bonchev–Trinajstić information content (AvgIpc) is 3.90. The van der Waals surface area contributed by atoms with Crippen LogP contribution in [0, 0.1) is 29.9 Å². The number of aryl methyl sites for hydroxylation is 1. The van der Waals surface area contributed by atoms with Gasteiger partial charge in [-0.3, -0.25) is 4.90 Å². The van der Waals surface area contributed by atoms with Gasteiger partial charge >= 0.3 is 12.0 Å². The van der Waals surface area contributed by atoms with E-state index in [1.807, 2.05) is 24.8 Å². The average molecular weight is 735 g/mol. The van der Waals surface area contributed by atoms with Crippen molar-refractivity contribution in [1.82, 2.24) is 34.5 Å². The Morgan fingerprint density at radius 1 is 1.18 bits per heavy atom. The van der Waals surface area contributed by atoms with Crippen LogP contribution in [-0.4, -0.2) is 92.0 Å². The van der Waals surface area contributed by atoms with Gasteiger partial charge in [0.15, 0.2) is 5.82 Å². The van der Waals surface area contributed by atoms with Crippen LogP contribution in [0.2, 0.25) is 5.02 Å². The summed E-state index contributed by atoms with van der Waals surface area (Å²) in [6, 6.07) is 5.93. The molecule has 2 aromatic carbocycles. The van der Waals surface area contributed by atoms with E-state index in [1.54, 1.807) is 17.9 Å². The number of amides is 1. The molecule has 2 fully saturated rings. The van der Waals surface area contributed by atoms with Crippen molar-refractivity contribution < 1.29 is 18.3 Å². The topological polar surface area (TPSA) is 142 Å². The number of ether oxygens (including phenoxy) is 1. The highest BCUT2D eigenvalue weighted by Crippen LogP contribution is 2.46. The van der Waals surface area contributed by atoms with Crippen molar-refractivity contribution >= 4 is 60.8 Å². The number of hydrogen-bond acceptors (Lipinski definition) is 11. The van der Waals surface area contributed by atoms with Crippen LogP contribution in [0.25, 0.3) is 32.1 Å². The van der Waals surface area contributed by atoms with E-state index < -0.39 is 11.6 Å². The van der Waals surface area contributed by atoms with E-state index in [0.29, 0.717) is 49.8 Å². The number of likely N-dealkylation sites (N-methyl/N-ethyl adjacent to an activating group) is 2. The number of halogens is 3. The zero-order chi connectivity index (χ0) is 36.0. The van der Waals surface area contributed by atoms with E-state index in [1.165, 1.54) is 23.1 Å². The maximum absolute atomic E-state index is 17.1. The lowest BCUT2D eigenvalue weighted by molar-refractivity contribution is 0.108. The first kappa shape index (κ1) is 34.8. The first-order valence-electron chi connectivity index (χ1n) is 17.0. The van der Waals surface area contributed by atoms with Crippen molar-refractivity contribution in [2.75, 3.05) is 56.5 Å². The number of nitriles is 1. The minimum absolute atomic E-state index is 0.0134. The molecule has 5 heterocycles. The molecular weight excluding hydrogens is 698 g/mol. The van der Waals surface area contributed by atoms with E-state index in [2.05, 4.69) is 20.0 Å². The number of aromatic nitrogens is 5. The molecule has 2 saturated heterocycles. The third-order valence-electron chi connectivity index (χ3n) is 10.1. The highest BCUT2D eigenvalue weighted by Gasteiger charge is 2.45. The number of nitrogen functional groups attached to an aromatic ring is 1. The lowest BCUT2D eigenvalue weighted by atomic mass is 9.95. The third-order valence-corrected chi connectivity index (χ3v) is 11.4. The van der Waals surface area contributed by atoms with Crippen LogP contribution in [-0.2, 0) is 0 Å². The molecule has 5 aromatic rings. The van der Waals surface area contributed by atoms with Gasteiger partial charge in [0.2, 0.25) is 0 Å². The number of carbonyl (C=O) groups is 1. The van der Waals surface area contributed by atoms with Crippen LogP contribution in [0.5, 0.6) is 6.01 Å². The van der Waals surface area contributed by atoms with Gasteiger partial charge in [0, 0.05) is 42.5 Å². The molecule has 7 rings (SSSR count). The zero-order valence-corrected chi connectivity index (χ0v) is 30.1. The summed E-state index contributed by atoms with van der Waals surface area (Å²) in [6.45, 7) is 9.43. The number of nitrogens with two attached hydrogens (primary N) is 1. The van der Waals surface area contributed by atoms with Crippen molar-refractivity contribution in [2.45, 2.75) is 52.0 Å². The first-order chi connectivity index (χ1) is 24.6. The van der Waals surface area contributed by atoms with Crippen molar-refractivity contribution in [3.63, 3.8) is 0 Å². The highest BCUT2D eigenvalue weighted by atomic mass is 35.5. The van der Waals surface area contributed by atoms with Gasteiger partial charge in [-0.25, -0.2) is 18.6 Å². The number of rotatable bonds is 10. The molecule has 16 heteroatoms. The fourth-order valence-electron chi connectivity index (χ4n) is 7.51. The van der Waals surface area contributed by atoms with Crippen LogP contribution in [0.4, 0.5) is 24.4 Å². The predicted molar refractivity (Wildman–Crippen MR) is 193 cm³/mol. The molecule has 0 bridgehead atoms. The quantitative estimate of drug-likeness (QED) is 0.166. The lowest BCUT2D eigenvalue weighted by Gasteiger charge is -2.31. The monoisotopic (exact) mass is 734 g/mol. The summed E-state index contributed by atoms with van der Waals surface area (Å²) in [4.78, 5) is 32.8. The van der Waals surface area contributed by atoms with Gasteiger partial charge in [0.05, 0.1) is 20.8 Å². The maximum atomic E-state index is 17.1. The largest absolute Gasteiger partial charge is 0.461 e. The minimum atomic E-state index is -0.767. The molecule has 1 amide bonds. The van der Waals surface area contributed by atoms with Crippen LogP contribution in [0.15, 0.2) is 24.5 Å². The van der Waals surface area contributed by atoms with Crippen LogP contribution in [0.1, 0.15) is 50.9 Å². The van der Waals surface area contributed by atoms with Gasteiger partial charge in [-0.1, -0.05) is 17.7 Å². The molecule has 3 aromatic heterocycles. The van der Waals surface area contributed by atoms with Crippen molar-refractivity contribution in [3.05, 3.63) is 52.6 Å². The second kappa shape index (κ2) is 13.8. The van der Waals surface area contributed by atoms with Gasteiger partial charge in [-0.2, -0.15) is 19.9 Å². The Morgan fingerprint density at radius 3 is 2.61 bits per heavy atom. The van der Waals surface area contributed by atoms with Crippen LogP contribution in [0.3, 0.4) is 0 Å². The molecule has 0 saturated carbocycles. The summed E-state index contributed by atoms with van der Waals surface area (Å²) in [5, 5.41) is 14.7. The molecule has 2 aliphatic rings. The minimum Gasteiger partial charge on any atom is -0.461 e. The Bertz CT molecular complexity index is 2190. The standard InChI is InChI=1S/C35H37ClF2N10O2S/c1-4-45(14-15-46(5-2)34(49)48-19-41-20(3)44-48)32-22-16-24(36)27(21-8-9-25(37)30-26(21)23(17-39)31(40)51-30)28(38)29(22)42-33(43-32)50-18-35-10-6-12-47(35)13-7-11-35/h8-9,16,19H,4-7,10-15,18,40H2,1-3H3. The fourth-order valence-corrected chi connectivity index (χ4v) is 8.75. The van der Waals surface area contributed by atoms with E-state index in [-0.39, 0.29) is 59.9 Å². The van der Waals surface area contributed by atoms with Gasteiger partial charge < -0.3 is 20.3 Å². The number of carbonyl (C=O) groups excluding carboxylic acids is 1. The Morgan fingerprint density at radius 2 is 1.94 bits per heavy atom. The maximum Gasteiger partial charge on any atom is 0.346 e. The molecule has 51 heavy (non-hydrogen) atoms. The smallest absolute Gasteiger partial charge is 0.346 e. The normalized spacial score (nSPS) is 15.4. The molecule has 12 nitrogen and oxygen atoms in total. The summed E-state index contributed by atoms with van der Waals surface area (Å²) in [6.07, 6.45) is 5.55. The molecule has 266 valence electrons. The SMILES string of the molecule is CCN(CCN(CC)c1nc(OCC23CCCN2CCC3)nc2c(F)c(-c3ccc(F)c4sc(N)c(C#N)c34)c(Cl)cc12)C(=O)n1cnc(C)n1. The highest BCUT2D eigenvalue weighted by molar-refractivity contribution is 7.23. The molecule has 0 unspecified atom stereocenters. The van der Waals surface area contributed by atoms with Gasteiger partial charge in [0.25, 0.3) is 0 Å². The lowest BCUT2D eigenvalue weighted by Crippen LogP contribution is -2.43. The van der Waals surface area contributed by atoms with Crippen molar-refractivity contribution in [2.24, 2.45) is 0 Å². The van der Waals surface area contributed by atoms with Gasteiger partial charge in [-0.05, 0) is 77.2 Å². The Kier molecular flexibility index (Phi) is 9.42. The van der Waals surface area contributed by atoms with Crippen LogP contribution >= 0.6 is 22.9 Å². The molecule has 0 aliphatic carbocycles. The van der Waals surface area contributed by atoms with Crippen molar-refractivity contribution in [3.8, 4) is 23.2 Å². The number of anilines is 2. The zero-order valence-electron chi connectivity index (χ0n) is 28.5. The number of nitrogens with zero attached hydrogens (tertiary/aromatic N) is 9. The molecule has 0 spiro atoms. The second-order valence-corrected chi connectivity index (χ2v) is 14.4. The van der Waals surface area contributed by atoms with E-state index >= 15 is 4.39 Å². The van der Waals surface area contributed by atoms with Gasteiger partial charge in [0.1, 0.15) is 47.0 Å². The summed E-state index contributed by atoms with van der Waals surface area (Å²) >= 11 is 7.81. The molecule has 0 radical (unpaired) electrons. The predicted octanol–water partition coefficient (Wildman–Crippen LogP) is 6.62. The number of thiophene rings is 1. The summed E-state index contributed by atoms with van der Waals surface area (Å²) < 4.78 is 39.7. The van der Waals surface area contributed by atoms with E-state index in [4.69, 9.17) is 27.1 Å². The number of fused-ring (bicyclic) bond motifs is 3. The fraction of sp³-hybridized carbons (Fsp3) is 0.429.